The van der Waals surface area contributed by atoms with Crippen molar-refractivity contribution in [1.82, 2.24) is 10.2 Å². The molecule has 0 aliphatic heterocycles. The van der Waals surface area contributed by atoms with Crippen LogP contribution in [0.5, 0.6) is 0 Å². The minimum atomic E-state index is 0.0447. The van der Waals surface area contributed by atoms with Gasteiger partial charge in [-0.15, -0.1) is 0 Å². The summed E-state index contributed by atoms with van der Waals surface area (Å²) in [6.45, 7) is 0.0447. The highest BCUT2D eigenvalue weighted by atomic mass is 16.3. The van der Waals surface area contributed by atoms with Crippen LogP contribution in [-0.4, -0.2) is 15.3 Å². The third kappa shape index (κ3) is 1.04. The van der Waals surface area contributed by atoms with Gasteiger partial charge in [-0.25, -0.2) is 0 Å². The molecule has 12 heavy (non-hydrogen) atoms. The number of aliphatic hydroxyl groups is 1. The molecule has 1 aromatic carbocycles. The highest BCUT2D eigenvalue weighted by molar-refractivity contribution is 5.83. The molecule has 1 aromatic heterocycles. The molecule has 1 heterocycles. The second-order valence-electron chi connectivity index (χ2n) is 2.57. The zero-order valence-corrected chi connectivity index (χ0v) is 6.44. The van der Waals surface area contributed by atoms with E-state index in [0.29, 0.717) is 0 Å². The first kappa shape index (κ1) is 7.18. The van der Waals surface area contributed by atoms with E-state index in [4.69, 9.17) is 5.11 Å². The van der Waals surface area contributed by atoms with E-state index in [9.17, 15) is 0 Å². The van der Waals surface area contributed by atoms with Gasteiger partial charge in [-0.05, 0) is 5.56 Å². The fourth-order valence-electron chi connectivity index (χ4n) is 1.23. The van der Waals surface area contributed by atoms with Crippen LogP contribution in [-0.2, 0) is 6.61 Å². The molecule has 0 spiro atoms. The summed E-state index contributed by atoms with van der Waals surface area (Å²) in [5.74, 6) is 0. The van der Waals surface area contributed by atoms with Gasteiger partial charge in [-0.3, -0.25) is 0 Å². The quantitative estimate of drug-likeness (QED) is 0.680. The molecule has 2 aromatic rings. The topological polar surface area (TPSA) is 46.0 Å². The molecule has 60 valence electrons. The van der Waals surface area contributed by atoms with E-state index in [-0.39, 0.29) is 6.61 Å². The van der Waals surface area contributed by atoms with Crippen LogP contribution in [0.15, 0.2) is 30.6 Å². The molecule has 1 N–H and O–H groups in total. The normalized spacial score (nSPS) is 10.4. The van der Waals surface area contributed by atoms with Crippen LogP contribution in [0.25, 0.3) is 10.8 Å². The van der Waals surface area contributed by atoms with Crippen LogP contribution in [0.4, 0.5) is 0 Å². The van der Waals surface area contributed by atoms with E-state index in [1.165, 1.54) is 0 Å². The zero-order valence-electron chi connectivity index (χ0n) is 6.44. The Bertz CT molecular complexity index is 395. The van der Waals surface area contributed by atoms with Crippen LogP contribution < -0.4 is 0 Å². The molecule has 0 atom stereocenters. The number of fused-ring (bicyclic) bond motifs is 1. The largest absolute Gasteiger partial charge is 0.392 e. The van der Waals surface area contributed by atoms with Gasteiger partial charge in [-0.2, -0.15) is 10.2 Å². The Labute approximate surface area is 69.7 Å². The van der Waals surface area contributed by atoms with Gasteiger partial charge in [0.15, 0.2) is 0 Å². The molecular weight excluding hydrogens is 152 g/mol. The molecular formula is C9H8N2O. The van der Waals surface area contributed by atoms with Crippen molar-refractivity contribution in [3.8, 4) is 0 Å². The molecule has 0 amide bonds. The van der Waals surface area contributed by atoms with Crippen LogP contribution in [0.2, 0.25) is 0 Å². The molecule has 0 aliphatic carbocycles. The first-order chi connectivity index (χ1) is 5.92. The van der Waals surface area contributed by atoms with E-state index in [2.05, 4.69) is 10.2 Å². The van der Waals surface area contributed by atoms with Crippen molar-refractivity contribution < 1.29 is 5.11 Å². The first-order valence-corrected chi connectivity index (χ1v) is 3.71. The summed E-state index contributed by atoms with van der Waals surface area (Å²) in [6.07, 6.45) is 3.36. The lowest BCUT2D eigenvalue weighted by atomic mass is 10.1. The molecule has 0 aliphatic rings. The molecule has 0 unspecified atom stereocenters. The highest BCUT2D eigenvalue weighted by Crippen LogP contribution is 2.15. The van der Waals surface area contributed by atoms with E-state index in [1.807, 2.05) is 18.2 Å². The van der Waals surface area contributed by atoms with E-state index in [0.717, 1.165) is 16.3 Å². The summed E-state index contributed by atoms with van der Waals surface area (Å²) in [4.78, 5) is 0. The standard InChI is InChI=1S/C9H8N2O/c12-6-8-3-1-2-7-4-10-11-5-9(7)8/h1-5,12H,6H2. The van der Waals surface area contributed by atoms with Crippen LogP contribution in [0, 0.1) is 0 Å². The Balaban J connectivity index is 2.79. The summed E-state index contributed by atoms with van der Waals surface area (Å²) >= 11 is 0. The average molecular weight is 160 g/mol. The minimum absolute atomic E-state index is 0.0447. The minimum Gasteiger partial charge on any atom is -0.392 e. The zero-order chi connectivity index (χ0) is 8.39. The van der Waals surface area contributed by atoms with Crippen molar-refractivity contribution >= 4 is 10.8 Å². The predicted octanol–water partition coefficient (Wildman–Crippen LogP) is 1.12. The lowest BCUT2D eigenvalue weighted by Gasteiger charge is -2.00. The number of hydrogen-bond acceptors (Lipinski definition) is 3. The van der Waals surface area contributed by atoms with E-state index in [1.54, 1.807) is 12.4 Å². The maximum absolute atomic E-state index is 8.99. The summed E-state index contributed by atoms with van der Waals surface area (Å²) in [5, 5.41) is 18.5. The molecule has 0 bridgehead atoms. The number of hydrogen-bond donors (Lipinski definition) is 1. The van der Waals surface area contributed by atoms with Crippen molar-refractivity contribution in [2.24, 2.45) is 0 Å². The van der Waals surface area contributed by atoms with Gasteiger partial charge < -0.3 is 5.11 Å². The summed E-state index contributed by atoms with van der Waals surface area (Å²) in [7, 11) is 0. The molecule has 3 heteroatoms. The van der Waals surface area contributed by atoms with Crippen LogP contribution in [0.3, 0.4) is 0 Å². The van der Waals surface area contributed by atoms with Crippen molar-refractivity contribution in [2.45, 2.75) is 6.61 Å². The van der Waals surface area contributed by atoms with E-state index >= 15 is 0 Å². The van der Waals surface area contributed by atoms with Gasteiger partial charge in [0.1, 0.15) is 0 Å². The predicted molar refractivity (Wildman–Crippen MR) is 45.5 cm³/mol. The Morgan fingerprint density at radius 3 is 2.83 bits per heavy atom. The second-order valence-corrected chi connectivity index (χ2v) is 2.57. The smallest absolute Gasteiger partial charge is 0.0688 e. The Hall–Kier alpha value is -1.48. The number of nitrogens with zero attached hydrogens (tertiary/aromatic N) is 2. The number of aromatic nitrogens is 2. The Morgan fingerprint density at radius 1 is 1.17 bits per heavy atom. The van der Waals surface area contributed by atoms with E-state index < -0.39 is 0 Å². The molecule has 0 radical (unpaired) electrons. The van der Waals surface area contributed by atoms with Gasteiger partial charge in [0.2, 0.25) is 0 Å². The van der Waals surface area contributed by atoms with Gasteiger partial charge in [-0.1, -0.05) is 18.2 Å². The number of aliphatic hydroxyl groups excluding tert-OH is 1. The maximum atomic E-state index is 8.99. The van der Waals surface area contributed by atoms with Crippen molar-refractivity contribution in [2.75, 3.05) is 0 Å². The third-order valence-corrected chi connectivity index (χ3v) is 1.85. The Morgan fingerprint density at radius 2 is 2.00 bits per heavy atom. The molecule has 3 nitrogen and oxygen atoms in total. The van der Waals surface area contributed by atoms with Gasteiger partial charge in [0.05, 0.1) is 19.0 Å². The first-order valence-electron chi connectivity index (χ1n) is 3.71. The van der Waals surface area contributed by atoms with Crippen molar-refractivity contribution in [1.29, 1.82) is 0 Å². The van der Waals surface area contributed by atoms with Gasteiger partial charge in [0, 0.05) is 10.8 Å². The molecule has 0 saturated heterocycles. The SMILES string of the molecule is OCc1cccc2cnncc12. The van der Waals surface area contributed by atoms with Crippen molar-refractivity contribution in [3.63, 3.8) is 0 Å². The number of rotatable bonds is 1. The third-order valence-electron chi connectivity index (χ3n) is 1.85. The average Bonchev–Trinajstić information content (AvgIpc) is 2.17. The summed E-state index contributed by atoms with van der Waals surface area (Å²) in [5.41, 5.74) is 0.891. The number of benzene rings is 1. The summed E-state index contributed by atoms with van der Waals surface area (Å²) in [6, 6.07) is 5.72. The molecule has 2 rings (SSSR count). The molecule has 0 fully saturated rings. The lowest BCUT2D eigenvalue weighted by Crippen LogP contribution is -1.87. The second kappa shape index (κ2) is 2.87. The van der Waals surface area contributed by atoms with Gasteiger partial charge in [0.25, 0.3) is 0 Å². The van der Waals surface area contributed by atoms with Gasteiger partial charge >= 0.3 is 0 Å². The molecule has 0 saturated carbocycles. The lowest BCUT2D eigenvalue weighted by molar-refractivity contribution is 0.283. The monoisotopic (exact) mass is 160 g/mol. The summed E-state index contributed by atoms with van der Waals surface area (Å²) < 4.78 is 0. The fraction of sp³-hybridized carbons (Fsp3) is 0.111. The maximum Gasteiger partial charge on any atom is 0.0688 e. The fourth-order valence-corrected chi connectivity index (χ4v) is 1.23. The van der Waals surface area contributed by atoms with Crippen LogP contribution >= 0.6 is 0 Å². The Kier molecular flexibility index (Phi) is 1.72. The highest BCUT2D eigenvalue weighted by Gasteiger charge is 1.97. The van der Waals surface area contributed by atoms with Crippen molar-refractivity contribution in [3.05, 3.63) is 36.2 Å². The van der Waals surface area contributed by atoms with Crippen LogP contribution in [0.1, 0.15) is 5.56 Å².